The second-order valence-corrected chi connectivity index (χ2v) is 9.03. The van der Waals surface area contributed by atoms with Crippen LogP contribution in [0.3, 0.4) is 0 Å². The van der Waals surface area contributed by atoms with Gasteiger partial charge in [0, 0.05) is 38.9 Å². The summed E-state index contributed by atoms with van der Waals surface area (Å²) >= 11 is 0. The van der Waals surface area contributed by atoms with Gasteiger partial charge in [-0.2, -0.15) is 0 Å². The SMILES string of the molecule is Cn1c(=O)[nH]c(=O)c2cc(C(=O)NC3CCCC4CN(Cc5ccccc5)CC43)cnc21. The van der Waals surface area contributed by atoms with Crippen molar-refractivity contribution in [2.75, 3.05) is 13.1 Å². The average Bonchev–Trinajstić information content (AvgIpc) is 3.21. The predicted molar refractivity (Wildman–Crippen MR) is 121 cm³/mol. The van der Waals surface area contributed by atoms with Gasteiger partial charge in [0.25, 0.3) is 11.5 Å². The Labute approximate surface area is 185 Å². The van der Waals surface area contributed by atoms with Crippen molar-refractivity contribution in [2.24, 2.45) is 18.9 Å². The molecule has 0 bridgehead atoms. The minimum Gasteiger partial charge on any atom is -0.349 e. The number of aromatic amines is 1. The lowest BCUT2D eigenvalue weighted by molar-refractivity contribution is 0.0896. The highest BCUT2D eigenvalue weighted by Gasteiger charge is 2.40. The Hall–Kier alpha value is -3.26. The number of benzene rings is 1. The number of likely N-dealkylation sites (tertiary alicyclic amines) is 1. The number of nitrogens with zero attached hydrogens (tertiary/aromatic N) is 3. The second-order valence-electron chi connectivity index (χ2n) is 9.03. The fourth-order valence-corrected chi connectivity index (χ4v) is 5.33. The van der Waals surface area contributed by atoms with Crippen molar-refractivity contribution in [1.29, 1.82) is 0 Å². The van der Waals surface area contributed by atoms with Gasteiger partial charge >= 0.3 is 5.69 Å². The average molecular weight is 434 g/mol. The van der Waals surface area contributed by atoms with Gasteiger partial charge in [-0.05, 0) is 36.3 Å². The van der Waals surface area contributed by atoms with Gasteiger partial charge < -0.3 is 5.32 Å². The van der Waals surface area contributed by atoms with Crippen LogP contribution in [0, 0.1) is 11.8 Å². The number of aryl methyl sites for hydroxylation is 1. The summed E-state index contributed by atoms with van der Waals surface area (Å²) in [5, 5.41) is 3.45. The monoisotopic (exact) mass is 433 g/mol. The first kappa shape index (κ1) is 20.6. The summed E-state index contributed by atoms with van der Waals surface area (Å²) in [5.41, 5.74) is 0.856. The zero-order valence-corrected chi connectivity index (χ0v) is 18.1. The van der Waals surface area contributed by atoms with E-state index >= 15 is 0 Å². The molecular formula is C24H27N5O3. The molecule has 8 nitrogen and oxygen atoms in total. The molecule has 32 heavy (non-hydrogen) atoms. The van der Waals surface area contributed by atoms with Crippen molar-refractivity contribution in [3.8, 4) is 0 Å². The second kappa shape index (κ2) is 8.35. The van der Waals surface area contributed by atoms with Crippen LogP contribution in [0.1, 0.15) is 35.2 Å². The number of nitrogens with one attached hydrogen (secondary N) is 2. The van der Waals surface area contributed by atoms with E-state index in [0.29, 0.717) is 17.4 Å². The topological polar surface area (TPSA) is 100 Å². The molecule has 1 saturated carbocycles. The molecule has 1 aliphatic carbocycles. The van der Waals surface area contributed by atoms with Crippen LogP contribution >= 0.6 is 0 Å². The van der Waals surface area contributed by atoms with E-state index in [1.54, 1.807) is 0 Å². The van der Waals surface area contributed by atoms with Gasteiger partial charge in [-0.1, -0.05) is 36.8 Å². The Morgan fingerprint density at radius 1 is 1.19 bits per heavy atom. The van der Waals surface area contributed by atoms with Gasteiger partial charge in [0.15, 0.2) is 0 Å². The summed E-state index contributed by atoms with van der Waals surface area (Å²) < 4.78 is 1.27. The molecule has 0 radical (unpaired) electrons. The van der Waals surface area contributed by atoms with E-state index in [9.17, 15) is 14.4 Å². The number of fused-ring (bicyclic) bond motifs is 2. The maximum absolute atomic E-state index is 13.0. The van der Waals surface area contributed by atoms with E-state index in [1.807, 2.05) is 6.07 Å². The molecule has 2 N–H and O–H groups in total. The number of H-pyrrole nitrogens is 1. The van der Waals surface area contributed by atoms with Crippen molar-refractivity contribution >= 4 is 16.9 Å². The number of aromatic nitrogens is 3. The number of hydrogen-bond acceptors (Lipinski definition) is 5. The van der Waals surface area contributed by atoms with Crippen LogP contribution in [0.5, 0.6) is 0 Å². The van der Waals surface area contributed by atoms with Gasteiger partial charge in [-0.25, -0.2) is 9.78 Å². The molecule has 1 amide bonds. The Morgan fingerprint density at radius 2 is 2.00 bits per heavy atom. The quantitative estimate of drug-likeness (QED) is 0.652. The standard InChI is InChI=1S/C24H27N5O3/c1-28-21-18(23(31)27-24(28)32)10-17(11-25-21)22(30)26-20-9-5-8-16-13-29(14-19(16)20)12-15-6-3-2-4-7-15/h2-4,6-7,10-11,16,19-20H,5,8-9,12-14H2,1H3,(H,26,30)(H,27,31,32). The summed E-state index contributed by atoms with van der Waals surface area (Å²) in [6.07, 6.45) is 4.70. The van der Waals surface area contributed by atoms with Gasteiger partial charge in [0.1, 0.15) is 5.65 Å². The lowest BCUT2D eigenvalue weighted by Crippen LogP contribution is -2.45. The lowest BCUT2D eigenvalue weighted by atomic mass is 9.78. The highest BCUT2D eigenvalue weighted by Crippen LogP contribution is 2.37. The van der Waals surface area contributed by atoms with E-state index in [4.69, 9.17) is 0 Å². The highest BCUT2D eigenvalue weighted by atomic mass is 16.2. The predicted octanol–water partition coefficient (Wildman–Crippen LogP) is 1.65. The maximum Gasteiger partial charge on any atom is 0.329 e. The molecule has 1 saturated heterocycles. The summed E-state index contributed by atoms with van der Waals surface area (Å²) in [5.74, 6) is 0.790. The molecule has 0 spiro atoms. The molecule has 8 heteroatoms. The number of hydrogen-bond donors (Lipinski definition) is 2. The van der Waals surface area contributed by atoms with Gasteiger partial charge in [0.2, 0.25) is 0 Å². The molecule has 3 aromatic rings. The van der Waals surface area contributed by atoms with E-state index in [1.165, 1.54) is 35.9 Å². The van der Waals surface area contributed by atoms with Gasteiger partial charge in [-0.15, -0.1) is 0 Å². The minimum absolute atomic E-state index is 0.108. The Kier molecular flexibility index (Phi) is 5.38. The molecule has 3 unspecified atom stereocenters. The van der Waals surface area contributed by atoms with Crippen LogP contribution in [0.25, 0.3) is 11.0 Å². The van der Waals surface area contributed by atoms with E-state index in [2.05, 4.69) is 44.5 Å². The van der Waals surface area contributed by atoms with Crippen LogP contribution < -0.4 is 16.6 Å². The Balaban J connectivity index is 1.32. The smallest absolute Gasteiger partial charge is 0.329 e. The highest BCUT2D eigenvalue weighted by molar-refractivity contribution is 5.96. The first-order valence-electron chi connectivity index (χ1n) is 11.2. The molecule has 1 aliphatic heterocycles. The van der Waals surface area contributed by atoms with Crippen LogP contribution in [-0.4, -0.2) is 44.5 Å². The molecule has 3 heterocycles. The molecule has 2 aliphatic rings. The van der Waals surface area contributed by atoms with Crippen molar-refractivity contribution in [1.82, 2.24) is 24.8 Å². The molecule has 3 atom stereocenters. The normalized spacial score (nSPS) is 23.2. The molecule has 5 rings (SSSR count). The lowest BCUT2D eigenvalue weighted by Gasteiger charge is -2.33. The number of amides is 1. The van der Waals surface area contributed by atoms with Crippen LogP contribution in [0.4, 0.5) is 0 Å². The first-order chi connectivity index (χ1) is 15.5. The number of rotatable bonds is 4. The summed E-state index contributed by atoms with van der Waals surface area (Å²) in [7, 11) is 1.54. The summed E-state index contributed by atoms with van der Waals surface area (Å²) in [6.45, 7) is 2.97. The van der Waals surface area contributed by atoms with Crippen molar-refractivity contribution in [2.45, 2.75) is 31.8 Å². The van der Waals surface area contributed by atoms with Crippen LogP contribution in [-0.2, 0) is 13.6 Å². The van der Waals surface area contributed by atoms with Crippen molar-refractivity contribution < 1.29 is 4.79 Å². The maximum atomic E-state index is 13.0. The fourth-order valence-electron chi connectivity index (χ4n) is 5.33. The van der Waals surface area contributed by atoms with E-state index in [0.717, 1.165) is 32.5 Å². The van der Waals surface area contributed by atoms with E-state index in [-0.39, 0.29) is 23.0 Å². The number of carbonyl (C=O) groups excluding carboxylic acids is 1. The summed E-state index contributed by atoms with van der Waals surface area (Å²) in [4.78, 5) is 46.0. The van der Waals surface area contributed by atoms with Gasteiger partial charge in [0.05, 0.1) is 10.9 Å². The van der Waals surface area contributed by atoms with Crippen molar-refractivity contribution in [3.63, 3.8) is 0 Å². The Morgan fingerprint density at radius 3 is 2.81 bits per heavy atom. The van der Waals surface area contributed by atoms with E-state index < -0.39 is 11.2 Å². The third-order valence-corrected chi connectivity index (χ3v) is 6.96. The number of pyridine rings is 1. The zero-order valence-electron chi connectivity index (χ0n) is 18.1. The van der Waals surface area contributed by atoms with Crippen LogP contribution in [0.2, 0.25) is 0 Å². The van der Waals surface area contributed by atoms with Crippen molar-refractivity contribution in [3.05, 3.63) is 74.6 Å². The third kappa shape index (κ3) is 3.86. The van der Waals surface area contributed by atoms with Crippen LogP contribution in [0.15, 0.2) is 52.2 Å². The fraction of sp³-hybridized carbons (Fsp3) is 0.417. The molecule has 166 valence electrons. The zero-order chi connectivity index (χ0) is 22.2. The van der Waals surface area contributed by atoms with Gasteiger partial charge in [-0.3, -0.25) is 24.0 Å². The molecule has 2 aromatic heterocycles. The first-order valence-corrected chi connectivity index (χ1v) is 11.2. The minimum atomic E-state index is -0.532. The molecular weight excluding hydrogens is 406 g/mol. The largest absolute Gasteiger partial charge is 0.349 e. The number of carbonyl (C=O) groups is 1. The Bertz CT molecular complexity index is 1270. The molecule has 1 aromatic carbocycles. The summed E-state index contributed by atoms with van der Waals surface area (Å²) in [6, 6.07) is 12.1. The molecule has 2 fully saturated rings. The third-order valence-electron chi connectivity index (χ3n) is 6.96.